The van der Waals surface area contributed by atoms with Gasteiger partial charge in [0, 0.05) is 21.9 Å². The monoisotopic (exact) mass is 1230 g/mol. The Bertz CT molecular complexity index is 4250. The first-order valence-corrected chi connectivity index (χ1v) is 32.7. The zero-order valence-electron chi connectivity index (χ0n) is 48.1. The summed E-state index contributed by atoms with van der Waals surface area (Å²) in [6.45, 7) is 0. The molecule has 0 fully saturated rings. The van der Waals surface area contributed by atoms with Crippen LogP contribution < -0.4 is 46.5 Å². The third-order valence-electron chi connectivity index (χ3n) is 15.8. The highest BCUT2D eigenvalue weighted by atomic mass is 31.2. The van der Waals surface area contributed by atoms with Crippen LogP contribution in [0.4, 0.5) is 26.3 Å². The molecule has 13 aromatic carbocycles. The van der Waals surface area contributed by atoms with Gasteiger partial charge in [0.25, 0.3) is 0 Å². The molecule has 0 radical (unpaired) electrons. The van der Waals surface area contributed by atoms with E-state index in [1.54, 1.807) is 0 Å². The summed E-state index contributed by atoms with van der Waals surface area (Å²) < 4.78 is 77.5. The molecule has 14 heteroatoms. The Labute approximate surface area is 518 Å². The largest absolute Gasteiger partial charge is 0.860 e. The van der Waals surface area contributed by atoms with Gasteiger partial charge in [0.2, 0.25) is 11.6 Å². The summed E-state index contributed by atoms with van der Waals surface area (Å²) in [5.74, 6) is -0.727. The second-order valence-electron chi connectivity index (χ2n) is 21.3. The van der Waals surface area contributed by atoms with Crippen molar-refractivity contribution in [2.45, 2.75) is 12.4 Å². The van der Waals surface area contributed by atoms with E-state index >= 15 is 0 Å². The summed E-state index contributed by atoms with van der Waals surface area (Å²) in [4.78, 5) is 28.0. The Balaban J connectivity index is 0.000000147. The van der Waals surface area contributed by atoms with Crippen molar-refractivity contribution in [3.8, 4) is 5.75 Å². The third-order valence-corrected chi connectivity index (χ3v) is 24.5. The molecule has 444 valence electrons. The van der Waals surface area contributed by atoms with Crippen molar-refractivity contribution in [3.63, 3.8) is 0 Å². The average Bonchev–Trinajstić information content (AvgIpc) is 0.771. The van der Waals surface area contributed by atoms with Crippen LogP contribution in [0.5, 0.6) is 5.75 Å². The lowest BCUT2D eigenvalue weighted by atomic mass is 10.0. The Morgan fingerprint density at radius 3 is 0.900 bits per heavy atom. The van der Waals surface area contributed by atoms with Gasteiger partial charge in [0.1, 0.15) is 66.0 Å². The number of ketones is 2. The van der Waals surface area contributed by atoms with Crippen molar-refractivity contribution >= 4 is 108 Å². The molecule has 0 N–H and O–H groups in total. The zero-order chi connectivity index (χ0) is 62.9. The van der Waals surface area contributed by atoms with Crippen LogP contribution in [0.25, 0.3) is 43.1 Å². The van der Waals surface area contributed by atoms with E-state index in [0.29, 0.717) is 12.3 Å². The lowest BCUT2D eigenvalue weighted by Crippen LogP contribution is -2.50. The second kappa shape index (κ2) is 27.1. The fourth-order valence-corrected chi connectivity index (χ4v) is 20.5. The molecule has 0 saturated carbocycles. The SMILES string of the molecule is O=C(C[P+](c1ccccc1)(c1ccccc1)c1cc2ccccc2c2ccccc12)c1ccccc1.O=C(C[P+](c1ccccc1)(c1ccccc1)c1cc2ccccc2c2ccccc12)c1ccccc1.[O-]B([O-])Oc1cc(C(F)(F)F)cc(C(F)(F)F)c1. The molecule has 0 aliphatic rings. The van der Waals surface area contributed by atoms with Crippen molar-refractivity contribution in [1.29, 1.82) is 0 Å². The van der Waals surface area contributed by atoms with E-state index in [1.165, 1.54) is 74.9 Å². The Morgan fingerprint density at radius 1 is 0.333 bits per heavy atom. The summed E-state index contributed by atoms with van der Waals surface area (Å²) in [5.41, 5.74) is -1.79. The molecule has 0 aromatic heterocycles. The molecule has 90 heavy (non-hydrogen) atoms. The van der Waals surface area contributed by atoms with Gasteiger partial charge in [-0.25, -0.2) is 0 Å². The molecule has 0 saturated heterocycles. The number of benzene rings is 13. The van der Waals surface area contributed by atoms with Crippen LogP contribution >= 0.6 is 14.5 Å². The van der Waals surface area contributed by atoms with Gasteiger partial charge in [-0.1, -0.05) is 231 Å². The van der Waals surface area contributed by atoms with Crippen molar-refractivity contribution in [1.82, 2.24) is 0 Å². The van der Waals surface area contributed by atoms with E-state index in [2.05, 4.69) is 235 Å². The maximum atomic E-state index is 14.0. The van der Waals surface area contributed by atoms with Crippen LogP contribution in [-0.2, 0) is 12.4 Å². The first-order chi connectivity index (χ1) is 43.5. The van der Waals surface area contributed by atoms with Gasteiger partial charge in [-0.15, -0.1) is 0 Å². The highest BCUT2D eigenvalue weighted by Gasteiger charge is 2.50. The average molecular weight is 1240 g/mol. The minimum Gasteiger partial charge on any atom is -0.860 e. The van der Waals surface area contributed by atoms with Gasteiger partial charge in [-0.05, 0) is 111 Å². The number of hydrogen-bond donors (Lipinski definition) is 0. The van der Waals surface area contributed by atoms with E-state index in [-0.39, 0.29) is 29.8 Å². The highest BCUT2D eigenvalue weighted by Crippen LogP contribution is 2.59. The predicted molar refractivity (Wildman–Crippen MR) is 354 cm³/mol. The molecule has 0 bridgehead atoms. The van der Waals surface area contributed by atoms with Gasteiger partial charge >= 0.3 is 12.4 Å². The molecular weight excluding hydrogens is 1180 g/mol. The first kappa shape index (κ1) is 62.1. The normalized spacial score (nSPS) is 11.7. The maximum absolute atomic E-state index is 14.0. The molecule has 0 atom stereocenters. The number of carbonyl (C=O) groups is 2. The van der Waals surface area contributed by atoms with Crippen molar-refractivity contribution in [2.75, 3.05) is 12.3 Å². The van der Waals surface area contributed by atoms with Gasteiger partial charge in [0.15, 0.2) is 0 Å². The smallest absolute Gasteiger partial charge is 0.416 e. The van der Waals surface area contributed by atoms with Crippen molar-refractivity contribution in [2.24, 2.45) is 0 Å². The van der Waals surface area contributed by atoms with Gasteiger partial charge in [-0.2, -0.15) is 26.3 Å². The summed E-state index contributed by atoms with van der Waals surface area (Å²) in [7, 11) is -7.77. The Morgan fingerprint density at radius 2 is 0.600 bits per heavy atom. The standard InChI is InChI=1S/2C34H26OP.C8H3BF6O3/c2*35-33(26-14-4-1-5-15-26)25-36(28-17-6-2-7-18-28,29-19-8-3-9-20-29)34-24-27-16-10-11-21-30(27)31-22-12-13-23-32(31)34;10-7(11,12)4-1-5(8(13,14)15)3-6(2-4)18-9(16)17/h2*1-24H,25H2;1-3H/q2*+1;-2. The number of Topliss-reactive ketones (excluding diaryl/α,β-unsaturated/α-hetero) is 2. The minimum atomic E-state index is -5.05. The van der Waals surface area contributed by atoms with Gasteiger partial charge < -0.3 is 14.7 Å². The van der Waals surface area contributed by atoms with Gasteiger partial charge in [0.05, 0.1) is 16.9 Å². The number of carbonyl (C=O) groups excluding carboxylic acids is 2. The van der Waals surface area contributed by atoms with E-state index in [1.807, 2.05) is 60.7 Å². The second-order valence-corrected chi connectivity index (χ2v) is 28.2. The predicted octanol–water partition coefficient (Wildman–Crippen LogP) is 15.1. The number of alkyl halides is 6. The van der Waals surface area contributed by atoms with E-state index in [4.69, 9.17) is 0 Å². The Kier molecular flexibility index (Phi) is 18.7. The number of rotatable bonds is 14. The molecule has 13 rings (SSSR count). The molecule has 0 unspecified atom stereocenters. The van der Waals surface area contributed by atoms with Crippen LogP contribution in [0.1, 0.15) is 31.8 Å². The third kappa shape index (κ3) is 13.3. The number of hydrogen-bond acceptors (Lipinski definition) is 5. The maximum Gasteiger partial charge on any atom is 0.416 e. The van der Waals surface area contributed by atoms with Crippen molar-refractivity contribution in [3.05, 3.63) is 332 Å². The molecule has 0 amide bonds. The highest BCUT2D eigenvalue weighted by molar-refractivity contribution is 7.97. The molecule has 0 spiro atoms. The van der Waals surface area contributed by atoms with Crippen LogP contribution in [0.2, 0.25) is 0 Å². The quantitative estimate of drug-likeness (QED) is 0.0356. The van der Waals surface area contributed by atoms with E-state index in [9.17, 15) is 46.0 Å². The number of fused-ring (bicyclic) bond motifs is 6. The summed E-state index contributed by atoms with van der Waals surface area (Å²) >= 11 is 0. The van der Waals surface area contributed by atoms with E-state index < -0.39 is 51.1 Å². The van der Waals surface area contributed by atoms with Crippen LogP contribution in [0.15, 0.2) is 309 Å². The van der Waals surface area contributed by atoms with E-state index in [0.717, 1.165) is 11.1 Å². The van der Waals surface area contributed by atoms with Crippen LogP contribution in [-0.4, -0.2) is 31.2 Å². The summed E-state index contributed by atoms with van der Waals surface area (Å²) in [6.07, 6.45) is -9.23. The molecule has 0 aliphatic heterocycles. The zero-order valence-corrected chi connectivity index (χ0v) is 49.9. The molecule has 0 aliphatic carbocycles. The fraction of sp³-hybridized carbons (Fsp3) is 0.0526. The topological polar surface area (TPSA) is 89.5 Å². The molecule has 0 heterocycles. The molecular formula is C76H55BF6O5P2. The molecule has 5 nitrogen and oxygen atoms in total. The fourth-order valence-electron chi connectivity index (χ4n) is 11.8. The lowest BCUT2D eigenvalue weighted by molar-refractivity contribution is -0.372. The van der Waals surface area contributed by atoms with Gasteiger partial charge in [-0.3, -0.25) is 9.59 Å². The minimum absolute atomic E-state index is 0.141. The first-order valence-electron chi connectivity index (χ1n) is 28.8. The molecule has 13 aromatic rings. The van der Waals surface area contributed by atoms with Crippen molar-refractivity contribution < 1.29 is 50.6 Å². The van der Waals surface area contributed by atoms with Crippen LogP contribution in [0, 0.1) is 0 Å². The van der Waals surface area contributed by atoms with Crippen LogP contribution in [0.3, 0.4) is 0 Å². The summed E-state index contributed by atoms with van der Waals surface area (Å²) in [5, 5.41) is 37.4. The summed E-state index contributed by atoms with van der Waals surface area (Å²) in [6, 6.07) is 102. The number of halogens is 6. The lowest BCUT2D eigenvalue weighted by Gasteiger charge is -2.28. The Hall–Kier alpha value is -9.54.